The van der Waals surface area contributed by atoms with Crippen molar-refractivity contribution < 1.29 is 17.1 Å². The Morgan fingerprint density at radius 2 is 1.14 bits per heavy atom. The minimum absolute atomic E-state index is 0. The first-order chi connectivity index (χ1) is 2.64. The second-order valence-corrected chi connectivity index (χ2v) is 1.61. The van der Waals surface area contributed by atoms with Gasteiger partial charge < -0.3 is 11.5 Å². The first-order valence-electron chi connectivity index (χ1n) is 1.24. The van der Waals surface area contributed by atoms with E-state index in [1.165, 1.54) is 0 Å². The van der Waals surface area contributed by atoms with E-state index in [0.717, 1.165) is 0 Å². The van der Waals surface area contributed by atoms with Gasteiger partial charge >= 0.3 is 0 Å². The molecule has 0 saturated carbocycles. The predicted molar refractivity (Wildman–Crippen MR) is 33.6 cm³/mol. The van der Waals surface area contributed by atoms with Crippen LogP contribution in [0.25, 0.3) is 0 Å². The summed E-state index contributed by atoms with van der Waals surface area (Å²) in [5, 5.41) is 0. The molecular weight excluding hydrogens is 172 g/mol. The standard InChI is InChI=1S/C2H4N2S2.Fe/c3-1(5)2(4)6;/h(H2,3,5)(H2,4,6);. The summed E-state index contributed by atoms with van der Waals surface area (Å²) in [6.45, 7) is 0. The molecule has 0 amide bonds. The van der Waals surface area contributed by atoms with Crippen LogP contribution in [0.4, 0.5) is 0 Å². The average Bonchev–Trinajstić information content (AvgIpc) is 1.36. The Balaban J connectivity index is 0. The van der Waals surface area contributed by atoms with Gasteiger partial charge in [0.25, 0.3) is 0 Å². The molecule has 0 aliphatic carbocycles. The molecule has 7 heavy (non-hydrogen) atoms. The molecule has 0 atom stereocenters. The van der Waals surface area contributed by atoms with Crippen LogP contribution in [0, 0.1) is 0 Å². The van der Waals surface area contributed by atoms with E-state index in [2.05, 4.69) is 24.4 Å². The Bertz CT molecular complexity index is 79.7. The molecule has 42 valence electrons. The van der Waals surface area contributed by atoms with E-state index in [-0.39, 0.29) is 27.0 Å². The Labute approximate surface area is 63.1 Å². The van der Waals surface area contributed by atoms with Gasteiger partial charge in [0.15, 0.2) is 0 Å². The quantitative estimate of drug-likeness (QED) is 0.388. The Kier molecular flexibility index (Phi) is 6.57. The van der Waals surface area contributed by atoms with Gasteiger partial charge in [-0.1, -0.05) is 24.4 Å². The smallest absolute Gasteiger partial charge is 0.131 e. The van der Waals surface area contributed by atoms with Crippen molar-refractivity contribution in [3.05, 3.63) is 0 Å². The number of hydrogen-bond acceptors (Lipinski definition) is 2. The Morgan fingerprint density at radius 1 is 1.00 bits per heavy atom. The molecule has 0 aliphatic rings. The molecule has 0 saturated heterocycles. The van der Waals surface area contributed by atoms with Crippen molar-refractivity contribution in [2.45, 2.75) is 0 Å². The van der Waals surface area contributed by atoms with E-state index in [0.29, 0.717) is 0 Å². The largest absolute Gasteiger partial charge is 0.388 e. The number of thiocarbonyl (C=S) groups is 2. The molecule has 0 spiro atoms. The monoisotopic (exact) mass is 176 g/mol. The van der Waals surface area contributed by atoms with Gasteiger partial charge in [0.05, 0.1) is 0 Å². The van der Waals surface area contributed by atoms with Crippen molar-refractivity contribution in [1.29, 1.82) is 0 Å². The van der Waals surface area contributed by atoms with E-state index < -0.39 is 0 Å². The van der Waals surface area contributed by atoms with Gasteiger partial charge in [0.2, 0.25) is 0 Å². The van der Waals surface area contributed by atoms with Crippen molar-refractivity contribution in [3.8, 4) is 0 Å². The SMILES string of the molecule is NC(=S)C(N)=S.[Fe]. The molecule has 0 aromatic carbocycles. The summed E-state index contributed by atoms with van der Waals surface area (Å²) in [6, 6.07) is 0. The van der Waals surface area contributed by atoms with Crippen LogP contribution in [-0.4, -0.2) is 9.98 Å². The van der Waals surface area contributed by atoms with Crippen molar-refractivity contribution in [2.24, 2.45) is 11.5 Å². The fourth-order valence-corrected chi connectivity index (χ4v) is 0. The van der Waals surface area contributed by atoms with Crippen LogP contribution in [-0.2, 0) is 17.1 Å². The van der Waals surface area contributed by atoms with Gasteiger partial charge in [-0.25, -0.2) is 0 Å². The van der Waals surface area contributed by atoms with E-state index >= 15 is 0 Å². The van der Waals surface area contributed by atoms with Crippen LogP contribution in [0.5, 0.6) is 0 Å². The van der Waals surface area contributed by atoms with Crippen LogP contribution < -0.4 is 11.5 Å². The van der Waals surface area contributed by atoms with Crippen molar-refractivity contribution in [2.75, 3.05) is 0 Å². The molecule has 0 heterocycles. The summed E-state index contributed by atoms with van der Waals surface area (Å²) in [5.74, 6) is 0. The van der Waals surface area contributed by atoms with Gasteiger partial charge in [-0.2, -0.15) is 0 Å². The molecule has 2 nitrogen and oxygen atoms in total. The van der Waals surface area contributed by atoms with Gasteiger partial charge in [-0.15, -0.1) is 0 Å². The summed E-state index contributed by atoms with van der Waals surface area (Å²) in [6.07, 6.45) is 0. The summed E-state index contributed by atoms with van der Waals surface area (Å²) in [5.41, 5.74) is 9.80. The van der Waals surface area contributed by atoms with Gasteiger partial charge in [0.1, 0.15) is 9.98 Å². The van der Waals surface area contributed by atoms with Crippen molar-refractivity contribution in [1.82, 2.24) is 0 Å². The summed E-state index contributed by atoms with van der Waals surface area (Å²) < 4.78 is 0. The molecule has 4 N–H and O–H groups in total. The molecule has 0 aromatic heterocycles. The average molecular weight is 176 g/mol. The summed E-state index contributed by atoms with van der Waals surface area (Å²) in [4.78, 5) is 0.204. The van der Waals surface area contributed by atoms with E-state index in [4.69, 9.17) is 11.5 Å². The zero-order chi connectivity index (χ0) is 5.15. The third-order valence-electron chi connectivity index (χ3n) is 0.243. The van der Waals surface area contributed by atoms with Crippen LogP contribution in [0.15, 0.2) is 0 Å². The third kappa shape index (κ3) is 6.30. The minimum atomic E-state index is 0. The molecule has 0 radical (unpaired) electrons. The second kappa shape index (κ2) is 4.46. The first kappa shape index (κ1) is 10.3. The first-order valence-corrected chi connectivity index (χ1v) is 2.05. The number of nitrogens with two attached hydrogens (primary N) is 2. The maximum absolute atomic E-state index is 4.90. The van der Waals surface area contributed by atoms with Gasteiger partial charge in [0, 0.05) is 17.1 Å². The Hall–Kier alpha value is 0.299. The number of rotatable bonds is 0. The predicted octanol–water partition coefficient (Wildman–Crippen LogP) is -0.444. The molecule has 0 rings (SSSR count). The maximum Gasteiger partial charge on any atom is 0.131 e. The normalized spacial score (nSPS) is 6.29. The molecular formula is C2H4FeN2S2. The number of hydrogen-bond donors (Lipinski definition) is 2. The third-order valence-corrected chi connectivity index (χ3v) is 0.812. The molecule has 0 fully saturated rings. The van der Waals surface area contributed by atoms with Gasteiger partial charge in [-0.3, -0.25) is 0 Å². The minimum Gasteiger partial charge on any atom is -0.388 e. The molecule has 0 aliphatic heterocycles. The topological polar surface area (TPSA) is 52.0 Å². The fraction of sp³-hybridized carbons (Fsp3) is 0. The fourth-order valence-electron chi connectivity index (χ4n) is 0. The zero-order valence-corrected chi connectivity index (χ0v) is 6.06. The van der Waals surface area contributed by atoms with Crippen LogP contribution in [0.3, 0.4) is 0 Å². The van der Waals surface area contributed by atoms with Crippen molar-refractivity contribution in [3.63, 3.8) is 0 Å². The molecule has 0 unspecified atom stereocenters. The molecule has 5 heteroatoms. The zero-order valence-electron chi connectivity index (χ0n) is 3.32. The van der Waals surface area contributed by atoms with E-state index in [1.54, 1.807) is 0 Å². The van der Waals surface area contributed by atoms with Crippen molar-refractivity contribution >= 4 is 34.4 Å². The van der Waals surface area contributed by atoms with Crippen LogP contribution in [0.1, 0.15) is 0 Å². The maximum atomic E-state index is 4.90. The Morgan fingerprint density at radius 3 is 1.14 bits per heavy atom. The summed E-state index contributed by atoms with van der Waals surface area (Å²) >= 11 is 8.66. The molecule has 0 aromatic rings. The van der Waals surface area contributed by atoms with Crippen LogP contribution in [0.2, 0.25) is 0 Å². The summed E-state index contributed by atoms with van der Waals surface area (Å²) in [7, 11) is 0. The van der Waals surface area contributed by atoms with E-state index in [9.17, 15) is 0 Å². The van der Waals surface area contributed by atoms with Crippen LogP contribution >= 0.6 is 24.4 Å². The second-order valence-electron chi connectivity index (χ2n) is 0.729. The van der Waals surface area contributed by atoms with Gasteiger partial charge in [-0.05, 0) is 0 Å². The molecule has 0 bridgehead atoms. The van der Waals surface area contributed by atoms with E-state index in [1.807, 2.05) is 0 Å².